The van der Waals surface area contributed by atoms with Crippen molar-refractivity contribution < 1.29 is 19.2 Å². The average molecular weight is 394 g/mol. The number of halogens is 1. The number of nitro groups is 1. The number of nitrogens with zero attached hydrogens (tertiary/aromatic N) is 1. The van der Waals surface area contributed by atoms with Gasteiger partial charge in [0.25, 0.3) is 17.5 Å². The van der Waals surface area contributed by atoms with Gasteiger partial charge in [0.15, 0.2) is 0 Å². The lowest BCUT2D eigenvalue weighted by Gasteiger charge is -2.11. The monoisotopic (exact) mass is 393 g/mol. The number of nitro benzene ring substituents is 1. The average Bonchev–Trinajstić information content (AvgIpc) is 2.59. The van der Waals surface area contributed by atoms with Crippen LogP contribution >= 0.6 is 15.9 Å². The number of rotatable bonds is 4. The molecule has 8 nitrogen and oxygen atoms in total. The Morgan fingerprint density at radius 3 is 2.29 bits per heavy atom. The second-order valence-electron chi connectivity index (χ2n) is 4.53. The number of methoxy groups -OCH3 is 1. The number of hydrazine groups is 1. The van der Waals surface area contributed by atoms with Gasteiger partial charge in [-0.2, -0.15) is 0 Å². The van der Waals surface area contributed by atoms with E-state index in [4.69, 9.17) is 4.74 Å². The molecule has 0 radical (unpaired) electrons. The van der Waals surface area contributed by atoms with Crippen LogP contribution in [0.25, 0.3) is 0 Å². The van der Waals surface area contributed by atoms with Crippen LogP contribution in [-0.2, 0) is 0 Å². The standard InChI is InChI=1S/C15H12BrN3O5/c1-24-13-7-6-9(19(22)23)8-11(13)15(21)18-17-14(20)10-4-2-3-5-12(10)16/h2-8H,1H3,(H,17,20)(H,18,21). The first-order valence-corrected chi connectivity index (χ1v) is 7.41. The number of ether oxygens (including phenoxy) is 1. The van der Waals surface area contributed by atoms with Crippen LogP contribution in [0.5, 0.6) is 5.75 Å². The quantitative estimate of drug-likeness (QED) is 0.612. The molecule has 24 heavy (non-hydrogen) atoms. The van der Waals surface area contributed by atoms with Crippen LogP contribution in [0, 0.1) is 10.1 Å². The van der Waals surface area contributed by atoms with Gasteiger partial charge in [0.2, 0.25) is 0 Å². The molecular formula is C15H12BrN3O5. The molecule has 0 fully saturated rings. The number of carbonyl (C=O) groups excluding carboxylic acids is 2. The summed E-state index contributed by atoms with van der Waals surface area (Å²) < 4.78 is 5.57. The summed E-state index contributed by atoms with van der Waals surface area (Å²) in [6.07, 6.45) is 0. The first-order valence-electron chi connectivity index (χ1n) is 6.61. The summed E-state index contributed by atoms with van der Waals surface area (Å²) in [6.45, 7) is 0. The largest absolute Gasteiger partial charge is 0.496 e. The van der Waals surface area contributed by atoms with Crippen molar-refractivity contribution in [3.8, 4) is 5.75 Å². The van der Waals surface area contributed by atoms with Crippen molar-refractivity contribution in [1.82, 2.24) is 10.9 Å². The van der Waals surface area contributed by atoms with E-state index in [9.17, 15) is 19.7 Å². The molecule has 2 aromatic carbocycles. The third-order valence-corrected chi connectivity index (χ3v) is 3.74. The Morgan fingerprint density at radius 1 is 1.08 bits per heavy atom. The Balaban J connectivity index is 2.15. The van der Waals surface area contributed by atoms with Gasteiger partial charge in [-0.05, 0) is 34.1 Å². The zero-order chi connectivity index (χ0) is 17.7. The molecule has 0 bridgehead atoms. The number of nitrogens with one attached hydrogen (secondary N) is 2. The lowest BCUT2D eigenvalue weighted by molar-refractivity contribution is -0.384. The van der Waals surface area contributed by atoms with E-state index < -0.39 is 16.7 Å². The fourth-order valence-corrected chi connectivity index (χ4v) is 2.35. The van der Waals surface area contributed by atoms with Crippen molar-refractivity contribution >= 4 is 33.4 Å². The molecule has 0 saturated heterocycles. The minimum atomic E-state index is -0.740. The van der Waals surface area contributed by atoms with E-state index in [1.165, 1.54) is 19.2 Å². The van der Waals surface area contributed by atoms with Crippen LogP contribution in [0.3, 0.4) is 0 Å². The first kappa shape index (κ1) is 17.4. The highest BCUT2D eigenvalue weighted by Crippen LogP contribution is 2.23. The van der Waals surface area contributed by atoms with Crippen LogP contribution in [0.2, 0.25) is 0 Å². The molecule has 2 rings (SSSR count). The Morgan fingerprint density at radius 2 is 1.71 bits per heavy atom. The maximum atomic E-state index is 12.2. The topological polar surface area (TPSA) is 111 Å². The summed E-state index contributed by atoms with van der Waals surface area (Å²) in [7, 11) is 1.33. The number of carbonyl (C=O) groups is 2. The molecule has 0 aliphatic rings. The van der Waals surface area contributed by atoms with Gasteiger partial charge in [-0.3, -0.25) is 30.6 Å². The highest BCUT2D eigenvalue weighted by molar-refractivity contribution is 9.10. The number of benzene rings is 2. The second-order valence-corrected chi connectivity index (χ2v) is 5.38. The molecule has 0 unspecified atom stereocenters. The highest BCUT2D eigenvalue weighted by Gasteiger charge is 2.18. The van der Waals surface area contributed by atoms with Gasteiger partial charge in [0, 0.05) is 16.6 Å². The fourth-order valence-electron chi connectivity index (χ4n) is 1.88. The van der Waals surface area contributed by atoms with E-state index in [0.29, 0.717) is 10.0 Å². The van der Waals surface area contributed by atoms with Crippen LogP contribution < -0.4 is 15.6 Å². The van der Waals surface area contributed by atoms with Crippen molar-refractivity contribution in [2.75, 3.05) is 7.11 Å². The van der Waals surface area contributed by atoms with Crippen molar-refractivity contribution in [3.63, 3.8) is 0 Å². The predicted octanol–water partition coefficient (Wildman–Crippen LogP) is 2.44. The van der Waals surface area contributed by atoms with Gasteiger partial charge in [-0.25, -0.2) is 0 Å². The van der Waals surface area contributed by atoms with E-state index in [2.05, 4.69) is 26.8 Å². The molecular weight excluding hydrogens is 382 g/mol. The lowest BCUT2D eigenvalue weighted by Crippen LogP contribution is -2.41. The van der Waals surface area contributed by atoms with Crippen LogP contribution in [0.15, 0.2) is 46.9 Å². The zero-order valence-electron chi connectivity index (χ0n) is 12.4. The molecule has 0 aliphatic carbocycles. The van der Waals surface area contributed by atoms with Crippen LogP contribution in [0.1, 0.15) is 20.7 Å². The molecule has 0 aliphatic heterocycles. The molecule has 2 aromatic rings. The summed E-state index contributed by atoms with van der Waals surface area (Å²) in [6, 6.07) is 10.3. The van der Waals surface area contributed by atoms with E-state index >= 15 is 0 Å². The molecule has 2 N–H and O–H groups in total. The zero-order valence-corrected chi connectivity index (χ0v) is 14.0. The maximum Gasteiger partial charge on any atom is 0.273 e. The van der Waals surface area contributed by atoms with E-state index in [-0.39, 0.29) is 17.0 Å². The molecule has 9 heteroatoms. The third kappa shape index (κ3) is 3.87. The highest BCUT2D eigenvalue weighted by atomic mass is 79.9. The first-order chi connectivity index (χ1) is 11.4. The van der Waals surface area contributed by atoms with Crippen LogP contribution in [0.4, 0.5) is 5.69 Å². The molecule has 0 aromatic heterocycles. The predicted molar refractivity (Wildman–Crippen MR) is 88.7 cm³/mol. The van der Waals surface area contributed by atoms with E-state index in [1.54, 1.807) is 24.3 Å². The van der Waals surface area contributed by atoms with Crippen molar-refractivity contribution in [1.29, 1.82) is 0 Å². The normalized spacial score (nSPS) is 9.92. The van der Waals surface area contributed by atoms with Gasteiger partial charge < -0.3 is 4.74 Å². The smallest absolute Gasteiger partial charge is 0.273 e. The maximum absolute atomic E-state index is 12.2. The summed E-state index contributed by atoms with van der Waals surface area (Å²) in [5.74, 6) is -1.13. The van der Waals surface area contributed by atoms with Crippen molar-refractivity contribution in [2.24, 2.45) is 0 Å². The van der Waals surface area contributed by atoms with Gasteiger partial charge in [0.1, 0.15) is 5.75 Å². The second kappa shape index (κ2) is 7.55. The Kier molecular flexibility index (Phi) is 5.48. The van der Waals surface area contributed by atoms with Crippen molar-refractivity contribution in [3.05, 3.63) is 68.2 Å². The number of amides is 2. The molecule has 124 valence electrons. The van der Waals surface area contributed by atoms with Gasteiger partial charge >= 0.3 is 0 Å². The van der Waals surface area contributed by atoms with Gasteiger partial charge in [-0.1, -0.05) is 12.1 Å². The summed E-state index contributed by atoms with van der Waals surface area (Å²) in [5, 5.41) is 10.8. The fraction of sp³-hybridized carbons (Fsp3) is 0.0667. The van der Waals surface area contributed by atoms with Crippen molar-refractivity contribution in [2.45, 2.75) is 0 Å². The molecule has 0 saturated carbocycles. The number of non-ortho nitro benzene ring substituents is 1. The Bertz CT molecular complexity index is 809. The lowest BCUT2D eigenvalue weighted by atomic mass is 10.1. The van der Waals surface area contributed by atoms with E-state index in [0.717, 1.165) is 6.07 Å². The Hall–Kier alpha value is -2.94. The SMILES string of the molecule is COc1ccc([N+](=O)[O-])cc1C(=O)NNC(=O)c1ccccc1Br. The summed E-state index contributed by atoms with van der Waals surface area (Å²) in [4.78, 5) is 34.4. The van der Waals surface area contributed by atoms with Gasteiger partial charge in [-0.15, -0.1) is 0 Å². The molecule has 2 amide bonds. The minimum absolute atomic E-state index is 0.0703. The Labute approximate surface area is 145 Å². The summed E-state index contributed by atoms with van der Waals surface area (Å²) in [5.41, 5.74) is 4.43. The van der Waals surface area contributed by atoms with E-state index in [1.807, 2.05) is 0 Å². The number of hydrogen-bond acceptors (Lipinski definition) is 5. The molecule has 0 heterocycles. The van der Waals surface area contributed by atoms with Gasteiger partial charge in [0.05, 0.1) is 23.2 Å². The minimum Gasteiger partial charge on any atom is -0.496 e. The number of hydrogen-bond donors (Lipinski definition) is 2. The summed E-state index contributed by atoms with van der Waals surface area (Å²) >= 11 is 3.23. The molecule has 0 atom stereocenters. The molecule has 0 spiro atoms. The van der Waals surface area contributed by atoms with Crippen LogP contribution in [-0.4, -0.2) is 23.8 Å². The third-order valence-electron chi connectivity index (χ3n) is 3.05.